The van der Waals surface area contributed by atoms with E-state index >= 15 is 0 Å². The third kappa shape index (κ3) is 3.23. The number of oxime groups is 1. The molecule has 0 aliphatic carbocycles. The average Bonchev–Trinajstić information content (AvgIpc) is 2.47. The van der Waals surface area contributed by atoms with Gasteiger partial charge in [0, 0.05) is 25.5 Å². The van der Waals surface area contributed by atoms with E-state index in [1.807, 2.05) is 18.0 Å². The molecule has 1 aromatic heterocycles. The van der Waals surface area contributed by atoms with Crippen molar-refractivity contribution >= 4 is 11.5 Å². The lowest BCUT2D eigenvalue weighted by Crippen LogP contribution is -2.18. The van der Waals surface area contributed by atoms with Crippen LogP contribution in [0.3, 0.4) is 0 Å². The zero-order chi connectivity index (χ0) is 14.5. The van der Waals surface area contributed by atoms with Crippen molar-refractivity contribution in [3.05, 3.63) is 59.7 Å². The van der Waals surface area contributed by atoms with Crippen molar-refractivity contribution in [2.75, 3.05) is 11.9 Å². The van der Waals surface area contributed by atoms with Crippen LogP contribution in [-0.2, 0) is 6.54 Å². The SMILES string of the molecule is CN(Cc1ccnc(C(N)=NO)c1)c1ccc(F)cc1. The van der Waals surface area contributed by atoms with Gasteiger partial charge in [0.25, 0.3) is 0 Å². The Morgan fingerprint density at radius 1 is 1.35 bits per heavy atom. The molecule has 6 heteroatoms. The van der Waals surface area contributed by atoms with Crippen molar-refractivity contribution in [1.82, 2.24) is 4.98 Å². The number of nitrogens with zero attached hydrogens (tertiary/aromatic N) is 3. The third-order valence-electron chi connectivity index (χ3n) is 2.88. The summed E-state index contributed by atoms with van der Waals surface area (Å²) in [6.07, 6.45) is 1.60. The number of aromatic nitrogens is 1. The van der Waals surface area contributed by atoms with Crippen LogP contribution in [0.1, 0.15) is 11.3 Å². The van der Waals surface area contributed by atoms with Crippen LogP contribution in [0.2, 0.25) is 0 Å². The Kier molecular flexibility index (Phi) is 4.14. The number of pyridine rings is 1. The summed E-state index contributed by atoms with van der Waals surface area (Å²) in [5.41, 5.74) is 7.77. The maximum atomic E-state index is 12.9. The number of nitrogens with two attached hydrogens (primary N) is 1. The fourth-order valence-electron chi connectivity index (χ4n) is 1.82. The Bertz CT molecular complexity index is 613. The molecule has 20 heavy (non-hydrogen) atoms. The summed E-state index contributed by atoms with van der Waals surface area (Å²) in [6, 6.07) is 9.84. The van der Waals surface area contributed by atoms with Gasteiger partial charge in [-0.25, -0.2) is 4.39 Å². The summed E-state index contributed by atoms with van der Waals surface area (Å²) in [4.78, 5) is 5.98. The highest BCUT2D eigenvalue weighted by molar-refractivity contribution is 5.95. The summed E-state index contributed by atoms with van der Waals surface area (Å²) < 4.78 is 12.9. The lowest BCUT2D eigenvalue weighted by Gasteiger charge is -2.19. The first-order valence-corrected chi connectivity index (χ1v) is 5.99. The van der Waals surface area contributed by atoms with E-state index in [1.165, 1.54) is 12.1 Å². The smallest absolute Gasteiger partial charge is 0.188 e. The Balaban J connectivity index is 2.15. The fourth-order valence-corrected chi connectivity index (χ4v) is 1.82. The molecule has 0 saturated heterocycles. The average molecular weight is 274 g/mol. The van der Waals surface area contributed by atoms with Crippen molar-refractivity contribution in [2.45, 2.75) is 6.54 Å². The van der Waals surface area contributed by atoms with E-state index in [0.29, 0.717) is 12.2 Å². The van der Waals surface area contributed by atoms with E-state index in [0.717, 1.165) is 11.3 Å². The first-order valence-electron chi connectivity index (χ1n) is 5.99. The monoisotopic (exact) mass is 274 g/mol. The van der Waals surface area contributed by atoms with Crippen molar-refractivity contribution < 1.29 is 9.60 Å². The lowest BCUT2D eigenvalue weighted by atomic mass is 10.2. The molecule has 0 aliphatic heterocycles. The molecule has 0 fully saturated rings. The van der Waals surface area contributed by atoms with Crippen LogP contribution >= 0.6 is 0 Å². The number of hydrogen-bond acceptors (Lipinski definition) is 4. The maximum absolute atomic E-state index is 12.9. The van der Waals surface area contributed by atoms with Gasteiger partial charge < -0.3 is 15.8 Å². The standard InChI is InChI=1S/C14H15FN4O/c1-19(12-4-2-11(15)3-5-12)9-10-6-7-17-13(8-10)14(16)18-20/h2-8,20H,9H2,1H3,(H2,16,18). The Morgan fingerprint density at radius 3 is 2.70 bits per heavy atom. The van der Waals surface area contributed by atoms with E-state index in [1.54, 1.807) is 24.4 Å². The van der Waals surface area contributed by atoms with Crippen LogP contribution in [0.4, 0.5) is 10.1 Å². The molecular formula is C14H15FN4O. The second-order valence-electron chi connectivity index (χ2n) is 4.37. The van der Waals surface area contributed by atoms with E-state index in [4.69, 9.17) is 10.9 Å². The fraction of sp³-hybridized carbons (Fsp3) is 0.143. The quantitative estimate of drug-likeness (QED) is 0.387. The third-order valence-corrected chi connectivity index (χ3v) is 2.88. The largest absolute Gasteiger partial charge is 0.409 e. The van der Waals surface area contributed by atoms with Gasteiger partial charge in [0.1, 0.15) is 11.5 Å². The van der Waals surface area contributed by atoms with Crippen molar-refractivity contribution in [3.8, 4) is 0 Å². The van der Waals surface area contributed by atoms with Crippen LogP contribution in [0.25, 0.3) is 0 Å². The normalized spacial score (nSPS) is 11.4. The second-order valence-corrected chi connectivity index (χ2v) is 4.37. The van der Waals surface area contributed by atoms with E-state index in [9.17, 15) is 4.39 Å². The highest BCUT2D eigenvalue weighted by atomic mass is 19.1. The zero-order valence-electron chi connectivity index (χ0n) is 11.0. The van der Waals surface area contributed by atoms with Gasteiger partial charge in [-0.05, 0) is 42.0 Å². The Morgan fingerprint density at radius 2 is 2.05 bits per heavy atom. The van der Waals surface area contributed by atoms with Gasteiger partial charge in [0.15, 0.2) is 5.84 Å². The minimum atomic E-state index is -0.264. The molecule has 104 valence electrons. The van der Waals surface area contributed by atoms with Crippen molar-refractivity contribution in [2.24, 2.45) is 10.9 Å². The lowest BCUT2D eigenvalue weighted by molar-refractivity contribution is 0.318. The molecule has 0 amide bonds. The molecule has 0 atom stereocenters. The summed E-state index contributed by atoms with van der Waals surface area (Å²) in [6.45, 7) is 0.597. The predicted molar refractivity (Wildman–Crippen MR) is 75.3 cm³/mol. The van der Waals surface area contributed by atoms with Gasteiger partial charge in [-0.2, -0.15) is 0 Å². The van der Waals surface area contributed by atoms with Crippen LogP contribution in [0.5, 0.6) is 0 Å². The molecule has 0 aliphatic rings. The minimum Gasteiger partial charge on any atom is -0.409 e. The van der Waals surface area contributed by atoms with Crippen LogP contribution in [-0.4, -0.2) is 23.1 Å². The molecule has 0 unspecified atom stereocenters. The number of hydrogen-bond donors (Lipinski definition) is 2. The van der Waals surface area contributed by atoms with Crippen LogP contribution < -0.4 is 10.6 Å². The van der Waals surface area contributed by atoms with E-state index in [2.05, 4.69) is 10.1 Å². The van der Waals surface area contributed by atoms with Gasteiger partial charge in [-0.15, -0.1) is 0 Å². The van der Waals surface area contributed by atoms with Crippen LogP contribution in [0.15, 0.2) is 47.8 Å². The number of halogens is 1. The Labute approximate surface area is 116 Å². The molecule has 0 bridgehead atoms. The van der Waals surface area contributed by atoms with Crippen LogP contribution in [0, 0.1) is 5.82 Å². The number of amidine groups is 1. The molecule has 1 heterocycles. The molecule has 2 rings (SSSR count). The molecule has 3 N–H and O–H groups in total. The van der Waals surface area contributed by atoms with Gasteiger partial charge in [0.05, 0.1) is 0 Å². The highest BCUT2D eigenvalue weighted by Crippen LogP contribution is 2.16. The first-order chi connectivity index (χ1) is 9.60. The summed E-state index contributed by atoms with van der Waals surface area (Å²) in [7, 11) is 1.90. The molecule has 0 radical (unpaired) electrons. The molecular weight excluding hydrogens is 259 g/mol. The molecule has 2 aromatic rings. The first kappa shape index (κ1) is 13.8. The highest BCUT2D eigenvalue weighted by Gasteiger charge is 2.06. The topological polar surface area (TPSA) is 74.7 Å². The van der Waals surface area contributed by atoms with Gasteiger partial charge >= 0.3 is 0 Å². The van der Waals surface area contributed by atoms with Crippen molar-refractivity contribution in [1.29, 1.82) is 0 Å². The summed E-state index contributed by atoms with van der Waals surface area (Å²) in [5.74, 6) is -0.295. The second kappa shape index (κ2) is 6.01. The molecule has 0 saturated carbocycles. The number of benzene rings is 1. The van der Waals surface area contributed by atoms with Gasteiger partial charge in [0.2, 0.25) is 0 Å². The Hall–Kier alpha value is -2.63. The number of rotatable bonds is 4. The molecule has 5 nitrogen and oxygen atoms in total. The van der Waals surface area contributed by atoms with Gasteiger partial charge in [-0.3, -0.25) is 4.98 Å². The minimum absolute atomic E-state index is 0.0312. The maximum Gasteiger partial charge on any atom is 0.188 e. The zero-order valence-corrected chi connectivity index (χ0v) is 11.0. The molecule has 0 spiro atoms. The summed E-state index contributed by atoms with van der Waals surface area (Å²) >= 11 is 0. The molecule has 1 aromatic carbocycles. The van der Waals surface area contributed by atoms with E-state index < -0.39 is 0 Å². The van der Waals surface area contributed by atoms with Crippen molar-refractivity contribution in [3.63, 3.8) is 0 Å². The summed E-state index contributed by atoms with van der Waals surface area (Å²) in [5, 5.41) is 11.6. The predicted octanol–water partition coefficient (Wildman–Crippen LogP) is 1.95. The van der Waals surface area contributed by atoms with Gasteiger partial charge in [-0.1, -0.05) is 5.16 Å². The number of anilines is 1. The van der Waals surface area contributed by atoms with E-state index in [-0.39, 0.29) is 11.7 Å².